The molecule has 0 spiro atoms. The molecule has 0 radical (unpaired) electrons. The Bertz CT molecular complexity index is 1970. The number of nitrogens with one attached hydrogen (secondary N) is 3. The molecule has 0 unspecified atom stereocenters. The predicted molar refractivity (Wildman–Crippen MR) is 187 cm³/mol. The highest BCUT2D eigenvalue weighted by atomic mass is 35.5. The first-order valence-electron chi connectivity index (χ1n) is 16.3. The van der Waals surface area contributed by atoms with Crippen LogP contribution in [0.25, 0.3) is 0 Å². The molecule has 3 atom stereocenters. The number of alkyl halides is 3. The van der Waals surface area contributed by atoms with E-state index in [0.29, 0.717) is 42.7 Å². The van der Waals surface area contributed by atoms with Crippen molar-refractivity contribution in [2.24, 2.45) is 0 Å². The standard InChI is InChI=1S/C36H36ClF4N5O5S/c1-51-35(48)45-33(32(23-13-15-26(37)16-14-23)24-19-25(21-43-20-24)36(39,40)41)34(47)44-31-12-6-11-30(38)29(31)10-5-7-27-22-42-17-18-46(27)52(49,50)28-8-3-2-4-9-28/h2-4,6,8-9,11-16,19-21,27,32-33,42H,5,7,10,17-18,22H2,1H3,(H,44,47)(H,45,48)/t27-,32-,33-/m0/s1. The second-order valence-electron chi connectivity index (χ2n) is 12.1. The van der Waals surface area contributed by atoms with Gasteiger partial charge in [0.05, 0.1) is 17.6 Å². The molecule has 276 valence electrons. The summed E-state index contributed by atoms with van der Waals surface area (Å²) >= 11 is 6.08. The number of methoxy groups -OCH3 is 1. The topological polar surface area (TPSA) is 130 Å². The van der Waals surface area contributed by atoms with Gasteiger partial charge in [0.25, 0.3) is 0 Å². The molecule has 1 fully saturated rings. The van der Waals surface area contributed by atoms with Gasteiger partial charge in [0.1, 0.15) is 11.9 Å². The lowest BCUT2D eigenvalue weighted by Gasteiger charge is -2.35. The summed E-state index contributed by atoms with van der Waals surface area (Å²) in [4.78, 5) is 30.6. The zero-order valence-corrected chi connectivity index (χ0v) is 29.4. The molecule has 0 aliphatic carbocycles. The number of pyridine rings is 1. The van der Waals surface area contributed by atoms with Gasteiger partial charge in [-0.1, -0.05) is 48.0 Å². The fraction of sp³-hybridized carbons (Fsp3) is 0.306. The van der Waals surface area contributed by atoms with E-state index in [2.05, 4.69) is 20.9 Å². The third kappa shape index (κ3) is 9.26. The summed E-state index contributed by atoms with van der Waals surface area (Å²) in [5.74, 6) is -2.76. The average molecular weight is 762 g/mol. The normalized spacial score (nSPS) is 16.5. The van der Waals surface area contributed by atoms with Crippen LogP contribution in [0.3, 0.4) is 0 Å². The van der Waals surface area contributed by atoms with Gasteiger partial charge >= 0.3 is 12.3 Å². The van der Waals surface area contributed by atoms with Crippen molar-refractivity contribution in [3.63, 3.8) is 0 Å². The van der Waals surface area contributed by atoms with E-state index in [1.54, 1.807) is 18.2 Å². The van der Waals surface area contributed by atoms with Gasteiger partial charge in [0, 0.05) is 60.3 Å². The van der Waals surface area contributed by atoms with Crippen LogP contribution in [0.5, 0.6) is 0 Å². The number of aromatic nitrogens is 1. The Balaban J connectivity index is 1.42. The quantitative estimate of drug-likeness (QED) is 0.143. The molecule has 52 heavy (non-hydrogen) atoms. The smallest absolute Gasteiger partial charge is 0.417 e. The van der Waals surface area contributed by atoms with Gasteiger partial charge < -0.3 is 20.7 Å². The average Bonchev–Trinajstić information content (AvgIpc) is 3.13. The molecule has 3 aromatic carbocycles. The Morgan fingerprint density at radius 3 is 2.46 bits per heavy atom. The van der Waals surface area contributed by atoms with E-state index in [4.69, 9.17) is 16.3 Å². The maximum absolute atomic E-state index is 15.4. The van der Waals surface area contributed by atoms with Crippen molar-refractivity contribution >= 4 is 39.3 Å². The second-order valence-corrected chi connectivity index (χ2v) is 14.4. The minimum Gasteiger partial charge on any atom is -0.453 e. The Morgan fingerprint density at radius 1 is 1.04 bits per heavy atom. The van der Waals surface area contributed by atoms with Gasteiger partial charge in [0.2, 0.25) is 15.9 Å². The Labute approximate surface area is 303 Å². The van der Waals surface area contributed by atoms with Crippen LogP contribution in [0.2, 0.25) is 5.02 Å². The lowest BCUT2D eigenvalue weighted by atomic mass is 9.84. The molecular weight excluding hydrogens is 726 g/mol. The number of nitrogens with zero attached hydrogens (tertiary/aromatic N) is 2. The molecule has 4 aromatic rings. The van der Waals surface area contributed by atoms with Gasteiger partial charge in [-0.15, -0.1) is 0 Å². The minimum atomic E-state index is -4.76. The van der Waals surface area contributed by atoms with E-state index < -0.39 is 57.6 Å². The predicted octanol–water partition coefficient (Wildman–Crippen LogP) is 6.37. The van der Waals surface area contributed by atoms with Gasteiger partial charge in [0.15, 0.2) is 0 Å². The molecule has 1 aliphatic heterocycles. The van der Waals surface area contributed by atoms with Crippen molar-refractivity contribution in [2.45, 2.75) is 48.3 Å². The molecule has 0 bridgehead atoms. The number of halogens is 5. The number of anilines is 1. The van der Waals surface area contributed by atoms with E-state index in [1.807, 2.05) is 0 Å². The summed E-state index contributed by atoms with van der Waals surface area (Å²) in [7, 11) is -2.72. The maximum atomic E-state index is 15.4. The van der Waals surface area contributed by atoms with E-state index >= 15 is 4.39 Å². The number of alkyl carbamates (subject to hydrolysis) is 1. The number of hydrogen-bond acceptors (Lipinski definition) is 7. The Morgan fingerprint density at radius 2 is 1.77 bits per heavy atom. The Kier molecular flexibility index (Phi) is 12.5. The fourth-order valence-corrected chi connectivity index (χ4v) is 8.01. The van der Waals surface area contributed by atoms with Crippen LogP contribution in [-0.4, -0.2) is 68.5 Å². The highest BCUT2D eigenvalue weighted by molar-refractivity contribution is 7.89. The minimum absolute atomic E-state index is 0.0516. The molecule has 1 saturated heterocycles. The maximum Gasteiger partial charge on any atom is 0.417 e. The van der Waals surface area contributed by atoms with E-state index in [0.717, 1.165) is 19.4 Å². The number of piperazine rings is 1. The monoisotopic (exact) mass is 761 g/mol. The molecule has 2 heterocycles. The van der Waals surface area contributed by atoms with Crippen molar-refractivity contribution in [3.8, 4) is 0 Å². The second kappa shape index (κ2) is 16.8. The van der Waals surface area contributed by atoms with Gasteiger partial charge in [-0.2, -0.15) is 17.5 Å². The number of carbonyl (C=O) groups excluding carboxylic acids is 2. The molecule has 1 aromatic heterocycles. The lowest BCUT2D eigenvalue weighted by Crippen LogP contribution is -2.53. The molecule has 3 N–H and O–H groups in total. The van der Waals surface area contributed by atoms with Crippen molar-refractivity contribution < 1.29 is 40.3 Å². The number of sulfonamides is 1. The third-order valence-electron chi connectivity index (χ3n) is 8.74. The summed E-state index contributed by atoms with van der Waals surface area (Å²) in [6, 6.07) is 17.0. The van der Waals surface area contributed by atoms with Crippen LogP contribution in [-0.2, 0) is 32.2 Å². The highest BCUT2D eigenvalue weighted by Gasteiger charge is 2.37. The summed E-state index contributed by atoms with van der Waals surface area (Å²) in [5, 5.41) is 8.63. The summed E-state index contributed by atoms with van der Waals surface area (Å²) < 4.78 is 89.8. The zero-order valence-electron chi connectivity index (χ0n) is 27.9. The summed E-state index contributed by atoms with van der Waals surface area (Å²) in [5.41, 5.74) is -0.620. The van der Waals surface area contributed by atoms with E-state index in [1.165, 1.54) is 58.9 Å². The van der Waals surface area contributed by atoms with Gasteiger partial charge in [-0.25, -0.2) is 17.6 Å². The largest absolute Gasteiger partial charge is 0.453 e. The van der Waals surface area contributed by atoms with E-state index in [9.17, 15) is 31.2 Å². The number of carbonyl (C=O) groups is 2. The summed E-state index contributed by atoms with van der Waals surface area (Å²) in [6.07, 6.45) is -3.19. The van der Waals surface area contributed by atoms with Crippen molar-refractivity contribution in [1.29, 1.82) is 0 Å². The van der Waals surface area contributed by atoms with Crippen molar-refractivity contribution in [3.05, 3.63) is 124 Å². The molecule has 2 amide bonds. The van der Waals surface area contributed by atoms with E-state index in [-0.39, 0.29) is 34.7 Å². The molecular formula is C36H36ClF4N5O5S. The molecule has 0 saturated carbocycles. The summed E-state index contributed by atoms with van der Waals surface area (Å²) in [6.45, 7) is 1.12. The number of hydrogen-bond donors (Lipinski definition) is 3. The molecule has 1 aliphatic rings. The van der Waals surface area contributed by atoms with Crippen molar-refractivity contribution in [1.82, 2.24) is 19.9 Å². The molecule has 10 nitrogen and oxygen atoms in total. The number of ether oxygens (including phenoxy) is 1. The highest BCUT2D eigenvalue weighted by Crippen LogP contribution is 2.35. The first kappa shape index (κ1) is 38.7. The third-order valence-corrected chi connectivity index (χ3v) is 11.0. The number of rotatable bonds is 12. The van der Waals surface area contributed by atoms with Crippen LogP contribution in [0.4, 0.5) is 28.0 Å². The van der Waals surface area contributed by atoms with Gasteiger partial charge in [-0.05, 0) is 72.9 Å². The first-order chi connectivity index (χ1) is 24.8. The number of benzene rings is 3. The lowest BCUT2D eigenvalue weighted by molar-refractivity contribution is -0.137. The van der Waals surface area contributed by atoms with Crippen LogP contribution in [0.15, 0.2) is 96.2 Å². The van der Waals surface area contributed by atoms with Gasteiger partial charge in [-0.3, -0.25) is 9.78 Å². The number of amides is 2. The first-order valence-corrected chi connectivity index (χ1v) is 18.1. The SMILES string of the molecule is COC(=O)N[C@H](C(=O)Nc1cccc(F)c1CCC[C@H]1CNCCN1S(=O)(=O)c1ccccc1)[C@@H](c1ccc(Cl)cc1)c1cncc(C(F)(F)F)c1. The molecule has 5 rings (SSSR count). The Hall–Kier alpha value is -4.57. The zero-order chi connectivity index (χ0) is 37.5. The molecule has 16 heteroatoms. The fourth-order valence-electron chi connectivity index (χ4n) is 6.20. The van der Waals surface area contributed by atoms with Crippen molar-refractivity contribution in [2.75, 3.05) is 32.1 Å². The van der Waals surface area contributed by atoms with Crippen LogP contribution >= 0.6 is 11.6 Å². The van der Waals surface area contributed by atoms with Crippen LogP contribution < -0.4 is 16.0 Å². The van der Waals surface area contributed by atoms with Crippen LogP contribution in [0, 0.1) is 5.82 Å². The van der Waals surface area contributed by atoms with Crippen LogP contribution in [0.1, 0.15) is 41.0 Å².